The van der Waals surface area contributed by atoms with Gasteiger partial charge in [-0.05, 0) is 36.8 Å². The molecule has 1 aromatic carbocycles. The topological polar surface area (TPSA) is 98.8 Å². The van der Waals surface area contributed by atoms with Gasteiger partial charge in [0.1, 0.15) is 17.1 Å². The summed E-state index contributed by atoms with van der Waals surface area (Å²) in [4.78, 5) is 20.2. The summed E-state index contributed by atoms with van der Waals surface area (Å²) in [6.07, 6.45) is 6.64. The monoisotopic (exact) mass is 487 g/mol. The number of aryl methyl sites for hydroxylation is 2. The van der Waals surface area contributed by atoms with E-state index in [4.69, 9.17) is 14.5 Å². The van der Waals surface area contributed by atoms with Crippen LogP contribution in [0, 0.1) is 6.92 Å². The van der Waals surface area contributed by atoms with Crippen molar-refractivity contribution >= 4 is 11.6 Å². The molecule has 3 aromatic heterocycles. The van der Waals surface area contributed by atoms with Crippen LogP contribution in [0.25, 0.3) is 5.65 Å². The van der Waals surface area contributed by atoms with Crippen LogP contribution in [-0.4, -0.2) is 67.0 Å². The van der Waals surface area contributed by atoms with E-state index >= 15 is 0 Å². The van der Waals surface area contributed by atoms with Gasteiger partial charge in [0.15, 0.2) is 0 Å². The maximum absolute atomic E-state index is 13.1. The molecule has 2 aliphatic heterocycles. The highest BCUT2D eigenvalue weighted by Crippen LogP contribution is 2.20. The van der Waals surface area contributed by atoms with E-state index in [0.29, 0.717) is 50.7 Å². The first-order valence-corrected chi connectivity index (χ1v) is 12.3. The molecule has 0 saturated carbocycles. The Labute approximate surface area is 208 Å². The number of amides is 1. The van der Waals surface area contributed by atoms with E-state index in [1.165, 1.54) is 5.56 Å². The number of aromatic nitrogens is 5. The number of pyridine rings is 1. The number of nitrogens with zero attached hydrogens (tertiary/aromatic N) is 6. The number of hydrogen-bond donors (Lipinski definition) is 1. The summed E-state index contributed by atoms with van der Waals surface area (Å²) < 4.78 is 16.0. The zero-order chi connectivity index (χ0) is 24.5. The average Bonchev–Trinajstić information content (AvgIpc) is 3.58. The maximum atomic E-state index is 13.1. The van der Waals surface area contributed by atoms with E-state index in [2.05, 4.69) is 50.3 Å². The van der Waals surface area contributed by atoms with Crippen LogP contribution in [0.4, 0.5) is 0 Å². The highest BCUT2D eigenvalue weighted by molar-refractivity contribution is 5.94. The van der Waals surface area contributed by atoms with Gasteiger partial charge in [-0.3, -0.25) is 14.4 Å². The van der Waals surface area contributed by atoms with Crippen molar-refractivity contribution in [2.24, 2.45) is 0 Å². The number of carbonyl (C=O) groups excluding carboxylic acids is 1. The Morgan fingerprint density at radius 2 is 2.08 bits per heavy atom. The third kappa shape index (κ3) is 4.95. The summed E-state index contributed by atoms with van der Waals surface area (Å²) in [5.74, 6) is 0.541. The van der Waals surface area contributed by atoms with Gasteiger partial charge >= 0.3 is 0 Å². The Morgan fingerprint density at radius 3 is 3.03 bits per heavy atom. The van der Waals surface area contributed by atoms with Gasteiger partial charge in [0, 0.05) is 50.6 Å². The molecular weight excluding hydrogens is 458 g/mol. The number of carbonyl (C=O) groups is 1. The highest BCUT2D eigenvalue weighted by atomic mass is 16.5. The summed E-state index contributed by atoms with van der Waals surface area (Å²) in [5.41, 5.74) is 4.44. The quantitative estimate of drug-likeness (QED) is 0.463. The van der Waals surface area contributed by atoms with Crippen LogP contribution < -0.4 is 10.1 Å². The van der Waals surface area contributed by atoms with Crippen LogP contribution >= 0.6 is 0 Å². The van der Waals surface area contributed by atoms with Gasteiger partial charge in [0.25, 0.3) is 5.91 Å². The van der Waals surface area contributed by atoms with Crippen LogP contribution in [0.5, 0.6) is 5.75 Å². The van der Waals surface area contributed by atoms with E-state index in [0.717, 1.165) is 23.5 Å². The van der Waals surface area contributed by atoms with E-state index in [1.807, 2.05) is 29.1 Å². The van der Waals surface area contributed by atoms with Crippen LogP contribution in [-0.2, 0) is 24.4 Å². The Hall–Kier alpha value is -3.76. The fraction of sp³-hybridized carbons (Fsp3) is 0.385. The second-order valence-corrected chi connectivity index (χ2v) is 9.53. The molecular formula is C26H29N7O3. The number of likely N-dealkylation sites (tertiary alicyclic amines) is 1. The molecule has 186 valence electrons. The van der Waals surface area contributed by atoms with Crippen molar-refractivity contribution in [3.63, 3.8) is 0 Å². The predicted octanol–water partition coefficient (Wildman–Crippen LogP) is 2.22. The molecule has 1 amide bonds. The first kappa shape index (κ1) is 22.7. The van der Waals surface area contributed by atoms with Crippen molar-refractivity contribution in [2.75, 3.05) is 19.7 Å². The van der Waals surface area contributed by atoms with Crippen molar-refractivity contribution < 1.29 is 14.3 Å². The third-order valence-electron chi connectivity index (χ3n) is 6.62. The number of fused-ring (bicyclic) bond motifs is 6. The third-order valence-corrected chi connectivity index (χ3v) is 6.62. The fourth-order valence-corrected chi connectivity index (χ4v) is 4.85. The Bertz CT molecular complexity index is 1380. The summed E-state index contributed by atoms with van der Waals surface area (Å²) in [5, 5.41) is 11.6. The summed E-state index contributed by atoms with van der Waals surface area (Å²) >= 11 is 0. The molecule has 0 spiro atoms. The summed E-state index contributed by atoms with van der Waals surface area (Å²) in [6, 6.07) is 11.2. The minimum absolute atomic E-state index is 0.137. The largest absolute Gasteiger partial charge is 0.494 e. The number of hydrogen-bond acceptors (Lipinski definition) is 7. The molecule has 1 fully saturated rings. The van der Waals surface area contributed by atoms with Gasteiger partial charge < -0.3 is 19.2 Å². The molecule has 4 aromatic rings. The zero-order valence-corrected chi connectivity index (χ0v) is 20.2. The standard InChI is InChI=1S/C26H29N7O3/c1-18-6-7-25-27-20(13-32(25)11-18)12-31-15-23-24(16-31)36-17-21-14-33(30-29-21)8-3-9-35-22-5-2-4-19(10-22)26(34)28-23/h2,4-7,10-11,13-14,23-24H,3,8-9,12,15-17H2,1H3,(H,28,34)/t23-,24-/m0/s1. The molecule has 0 aliphatic carbocycles. The van der Waals surface area contributed by atoms with Crippen molar-refractivity contribution in [1.29, 1.82) is 0 Å². The second kappa shape index (κ2) is 9.71. The molecule has 6 rings (SSSR count). The fourth-order valence-electron chi connectivity index (χ4n) is 4.85. The molecule has 2 atom stereocenters. The second-order valence-electron chi connectivity index (χ2n) is 9.53. The molecule has 0 radical (unpaired) electrons. The molecule has 0 unspecified atom stereocenters. The van der Waals surface area contributed by atoms with Gasteiger partial charge in [-0.1, -0.05) is 17.3 Å². The van der Waals surface area contributed by atoms with Crippen molar-refractivity contribution in [1.82, 2.24) is 34.6 Å². The van der Waals surface area contributed by atoms with Crippen molar-refractivity contribution in [3.8, 4) is 5.75 Å². The number of imidazole rings is 1. The molecule has 10 nitrogen and oxygen atoms in total. The van der Waals surface area contributed by atoms with E-state index in [1.54, 1.807) is 12.1 Å². The molecule has 4 bridgehead atoms. The number of rotatable bonds is 2. The van der Waals surface area contributed by atoms with E-state index in [-0.39, 0.29) is 18.1 Å². The number of nitrogens with one attached hydrogen (secondary N) is 1. The lowest BCUT2D eigenvalue weighted by molar-refractivity contribution is 0.0293. The molecule has 10 heteroatoms. The Kier molecular flexibility index (Phi) is 6.12. The molecule has 1 N–H and O–H groups in total. The SMILES string of the molecule is Cc1ccc2nc(CN3C[C@@H]4NC(=O)c5cccc(c5)OCCCn5cc(nn5)CO[C@H]4C3)cn2c1. The molecule has 36 heavy (non-hydrogen) atoms. The van der Waals surface area contributed by atoms with Crippen molar-refractivity contribution in [2.45, 2.75) is 45.2 Å². The van der Waals surface area contributed by atoms with Gasteiger partial charge in [-0.15, -0.1) is 5.10 Å². The molecule has 1 saturated heterocycles. The van der Waals surface area contributed by atoms with E-state index < -0.39 is 0 Å². The smallest absolute Gasteiger partial charge is 0.251 e. The maximum Gasteiger partial charge on any atom is 0.251 e. The van der Waals surface area contributed by atoms with Crippen LogP contribution in [0.15, 0.2) is 55.0 Å². The lowest BCUT2D eigenvalue weighted by Crippen LogP contribution is -2.44. The zero-order valence-electron chi connectivity index (χ0n) is 20.2. The van der Waals surface area contributed by atoms with Crippen molar-refractivity contribution in [3.05, 3.63) is 77.5 Å². The lowest BCUT2D eigenvalue weighted by atomic mass is 10.1. The average molecular weight is 488 g/mol. The predicted molar refractivity (Wildman–Crippen MR) is 132 cm³/mol. The Balaban J connectivity index is 1.22. The van der Waals surface area contributed by atoms with Gasteiger partial charge in [0.05, 0.1) is 37.3 Å². The van der Waals surface area contributed by atoms with Gasteiger partial charge in [0.2, 0.25) is 0 Å². The summed E-state index contributed by atoms with van der Waals surface area (Å²) in [7, 11) is 0. The number of benzene rings is 1. The normalized spacial score (nSPS) is 21.2. The molecule has 5 heterocycles. The molecule has 2 aliphatic rings. The highest BCUT2D eigenvalue weighted by Gasteiger charge is 2.35. The van der Waals surface area contributed by atoms with Crippen LogP contribution in [0.3, 0.4) is 0 Å². The Morgan fingerprint density at radius 1 is 1.14 bits per heavy atom. The lowest BCUT2D eigenvalue weighted by Gasteiger charge is -2.20. The van der Waals surface area contributed by atoms with Crippen LogP contribution in [0.1, 0.15) is 33.7 Å². The first-order valence-electron chi connectivity index (χ1n) is 12.3. The van der Waals surface area contributed by atoms with Gasteiger partial charge in [-0.25, -0.2) is 4.98 Å². The first-order chi connectivity index (χ1) is 17.6. The number of ether oxygens (including phenoxy) is 2. The summed E-state index contributed by atoms with van der Waals surface area (Å²) in [6.45, 7) is 5.64. The minimum Gasteiger partial charge on any atom is -0.494 e. The van der Waals surface area contributed by atoms with Gasteiger partial charge in [-0.2, -0.15) is 0 Å². The van der Waals surface area contributed by atoms with E-state index in [9.17, 15) is 4.79 Å². The van der Waals surface area contributed by atoms with Crippen LogP contribution in [0.2, 0.25) is 0 Å². The minimum atomic E-state index is -0.189.